The van der Waals surface area contributed by atoms with Crippen molar-refractivity contribution in [2.45, 2.75) is 23.7 Å². The number of carbonyl (C=O) groups is 1. The maximum absolute atomic E-state index is 12.1. The summed E-state index contributed by atoms with van der Waals surface area (Å²) in [5, 5.41) is 3.24. The molecule has 0 spiro atoms. The molecule has 0 aliphatic rings. The third-order valence-electron chi connectivity index (χ3n) is 2.86. The molecule has 1 unspecified atom stereocenters. The molecular formula is C13H13N5O2S. The highest BCUT2D eigenvalue weighted by Gasteiger charge is 2.17. The average molecular weight is 303 g/mol. The van der Waals surface area contributed by atoms with Gasteiger partial charge in [-0.25, -0.2) is 15.0 Å². The molecule has 0 bridgehead atoms. The molecule has 8 heteroatoms. The highest BCUT2D eigenvalue weighted by Crippen LogP contribution is 2.25. The first-order valence-electron chi connectivity index (χ1n) is 6.35. The Balaban J connectivity index is 1.64. The predicted octanol–water partition coefficient (Wildman–Crippen LogP) is 1.74. The Morgan fingerprint density at radius 3 is 3.19 bits per heavy atom. The van der Waals surface area contributed by atoms with E-state index >= 15 is 0 Å². The molecule has 108 valence electrons. The number of nitrogens with zero attached hydrogens (tertiary/aromatic N) is 3. The van der Waals surface area contributed by atoms with Crippen LogP contribution >= 0.6 is 11.8 Å². The van der Waals surface area contributed by atoms with E-state index in [2.05, 4.69) is 25.3 Å². The number of imidazole rings is 1. The third-order valence-corrected chi connectivity index (χ3v) is 3.96. The second-order valence-corrected chi connectivity index (χ2v) is 5.67. The number of hydrogen-bond donors (Lipinski definition) is 2. The van der Waals surface area contributed by atoms with E-state index in [4.69, 9.17) is 4.42 Å². The molecule has 2 N–H and O–H groups in total. The van der Waals surface area contributed by atoms with Crippen LogP contribution in [0.3, 0.4) is 0 Å². The topological polar surface area (TPSA) is 96.7 Å². The summed E-state index contributed by atoms with van der Waals surface area (Å²) in [4.78, 5) is 27.4. The lowest BCUT2D eigenvalue weighted by atomic mass is 10.4. The quantitative estimate of drug-likeness (QED) is 0.550. The molecule has 21 heavy (non-hydrogen) atoms. The molecule has 0 saturated carbocycles. The van der Waals surface area contributed by atoms with Crippen LogP contribution in [-0.4, -0.2) is 31.1 Å². The number of furan rings is 1. The molecule has 0 aromatic carbocycles. The first-order chi connectivity index (χ1) is 10.2. The van der Waals surface area contributed by atoms with E-state index in [-0.39, 0.29) is 11.2 Å². The number of aromatic nitrogens is 4. The maximum atomic E-state index is 12.1. The Morgan fingerprint density at radius 1 is 1.48 bits per heavy atom. The van der Waals surface area contributed by atoms with Crippen LogP contribution in [-0.2, 0) is 11.3 Å². The Morgan fingerprint density at radius 2 is 2.38 bits per heavy atom. The summed E-state index contributed by atoms with van der Waals surface area (Å²) in [5.74, 6) is 0.640. The minimum atomic E-state index is -0.290. The van der Waals surface area contributed by atoms with Crippen LogP contribution in [0.15, 0.2) is 40.5 Å². The van der Waals surface area contributed by atoms with Crippen LogP contribution in [0.2, 0.25) is 0 Å². The highest BCUT2D eigenvalue weighted by molar-refractivity contribution is 8.00. The fraction of sp³-hybridized carbons (Fsp3) is 0.231. The van der Waals surface area contributed by atoms with Crippen molar-refractivity contribution in [2.75, 3.05) is 0 Å². The lowest BCUT2D eigenvalue weighted by Gasteiger charge is -2.10. The molecule has 0 fully saturated rings. The lowest BCUT2D eigenvalue weighted by molar-refractivity contribution is -0.120. The zero-order chi connectivity index (χ0) is 14.7. The van der Waals surface area contributed by atoms with E-state index in [0.29, 0.717) is 17.2 Å². The van der Waals surface area contributed by atoms with Gasteiger partial charge in [-0.15, -0.1) is 0 Å². The van der Waals surface area contributed by atoms with Crippen molar-refractivity contribution >= 4 is 28.8 Å². The first-order valence-corrected chi connectivity index (χ1v) is 7.23. The standard InChI is InChI=1S/C13H13N5O2S/c1-8(12(19)14-5-9-3-2-4-20-9)21-13-10-11(16-6-15-10)17-7-18-13/h2-4,6-8H,5H2,1H3,(H,14,19)(H,15,16,17,18). The van der Waals surface area contributed by atoms with Crippen molar-refractivity contribution in [1.82, 2.24) is 25.3 Å². The summed E-state index contributed by atoms with van der Waals surface area (Å²) in [5.41, 5.74) is 1.34. The minimum Gasteiger partial charge on any atom is -0.467 e. The van der Waals surface area contributed by atoms with Gasteiger partial charge in [0, 0.05) is 0 Å². The van der Waals surface area contributed by atoms with Gasteiger partial charge in [0.25, 0.3) is 0 Å². The van der Waals surface area contributed by atoms with Crippen LogP contribution in [0.1, 0.15) is 12.7 Å². The Kier molecular flexibility index (Phi) is 3.87. The van der Waals surface area contributed by atoms with Gasteiger partial charge in [-0.05, 0) is 19.1 Å². The number of hydrogen-bond acceptors (Lipinski definition) is 6. The molecule has 7 nitrogen and oxygen atoms in total. The monoisotopic (exact) mass is 303 g/mol. The van der Waals surface area contributed by atoms with Crippen molar-refractivity contribution in [1.29, 1.82) is 0 Å². The molecule has 3 aromatic heterocycles. The van der Waals surface area contributed by atoms with Crippen LogP contribution < -0.4 is 5.32 Å². The van der Waals surface area contributed by atoms with E-state index in [1.807, 2.05) is 13.0 Å². The first kappa shape index (κ1) is 13.6. The fourth-order valence-corrected chi connectivity index (χ4v) is 2.69. The number of H-pyrrole nitrogens is 1. The van der Waals surface area contributed by atoms with Crippen LogP contribution in [0.5, 0.6) is 0 Å². The zero-order valence-corrected chi connectivity index (χ0v) is 12.1. The zero-order valence-electron chi connectivity index (χ0n) is 11.2. The summed E-state index contributed by atoms with van der Waals surface area (Å²) >= 11 is 1.36. The lowest BCUT2D eigenvalue weighted by Crippen LogP contribution is -2.30. The summed E-state index contributed by atoms with van der Waals surface area (Å²) in [6, 6.07) is 3.60. The van der Waals surface area contributed by atoms with Gasteiger partial charge in [-0.1, -0.05) is 11.8 Å². The molecule has 3 aromatic rings. The fourth-order valence-electron chi connectivity index (χ4n) is 1.78. The van der Waals surface area contributed by atoms with E-state index in [9.17, 15) is 4.79 Å². The minimum absolute atomic E-state index is 0.0809. The van der Waals surface area contributed by atoms with Crippen molar-refractivity contribution < 1.29 is 9.21 Å². The van der Waals surface area contributed by atoms with Crippen LogP contribution in [0.4, 0.5) is 0 Å². The second-order valence-electron chi connectivity index (χ2n) is 4.34. The molecule has 0 aliphatic heterocycles. The average Bonchev–Trinajstić information content (AvgIpc) is 3.16. The summed E-state index contributed by atoms with van der Waals surface area (Å²) in [6.45, 7) is 2.20. The number of aromatic amines is 1. The molecule has 1 amide bonds. The van der Waals surface area contributed by atoms with E-state index in [1.54, 1.807) is 18.7 Å². The number of amides is 1. The van der Waals surface area contributed by atoms with Gasteiger partial charge in [0.2, 0.25) is 5.91 Å². The van der Waals surface area contributed by atoms with Gasteiger partial charge in [0.05, 0.1) is 24.4 Å². The Hall–Kier alpha value is -2.35. The molecular weight excluding hydrogens is 290 g/mol. The highest BCUT2D eigenvalue weighted by atomic mass is 32.2. The smallest absolute Gasteiger partial charge is 0.233 e. The van der Waals surface area contributed by atoms with E-state index in [1.165, 1.54) is 18.1 Å². The number of nitrogens with one attached hydrogen (secondary N) is 2. The molecule has 3 rings (SSSR count). The van der Waals surface area contributed by atoms with E-state index in [0.717, 1.165) is 11.3 Å². The van der Waals surface area contributed by atoms with Gasteiger partial charge in [-0.3, -0.25) is 4.79 Å². The Bertz CT molecular complexity index is 740. The van der Waals surface area contributed by atoms with Crippen molar-refractivity contribution in [3.05, 3.63) is 36.8 Å². The van der Waals surface area contributed by atoms with Crippen LogP contribution in [0, 0.1) is 0 Å². The normalized spacial score (nSPS) is 12.4. The molecule has 0 radical (unpaired) electrons. The van der Waals surface area contributed by atoms with Crippen LogP contribution in [0.25, 0.3) is 11.2 Å². The van der Waals surface area contributed by atoms with Gasteiger partial charge in [0.15, 0.2) is 5.65 Å². The molecule has 1 atom stereocenters. The van der Waals surface area contributed by atoms with Gasteiger partial charge < -0.3 is 14.7 Å². The number of thioether (sulfide) groups is 1. The third kappa shape index (κ3) is 3.05. The molecule has 0 aliphatic carbocycles. The van der Waals surface area contributed by atoms with Gasteiger partial charge >= 0.3 is 0 Å². The summed E-state index contributed by atoms with van der Waals surface area (Å²) < 4.78 is 5.17. The molecule has 0 saturated heterocycles. The van der Waals surface area contributed by atoms with Gasteiger partial charge in [0.1, 0.15) is 22.6 Å². The maximum Gasteiger partial charge on any atom is 0.233 e. The second kappa shape index (κ2) is 5.96. The van der Waals surface area contributed by atoms with Crippen molar-refractivity contribution in [2.24, 2.45) is 0 Å². The van der Waals surface area contributed by atoms with E-state index < -0.39 is 0 Å². The Labute approximate surface area is 124 Å². The number of rotatable bonds is 5. The number of fused-ring (bicyclic) bond motifs is 1. The summed E-state index contributed by atoms with van der Waals surface area (Å²) in [6.07, 6.45) is 4.58. The summed E-state index contributed by atoms with van der Waals surface area (Å²) in [7, 11) is 0. The number of carbonyl (C=O) groups excluding carboxylic acids is 1. The molecule has 3 heterocycles. The van der Waals surface area contributed by atoms with Crippen molar-refractivity contribution in [3.63, 3.8) is 0 Å². The SMILES string of the molecule is CC(Sc1ncnc2nc[nH]c12)C(=O)NCc1ccco1. The predicted molar refractivity (Wildman–Crippen MR) is 77.6 cm³/mol. The van der Waals surface area contributed by atoms with Crippen molar-refractivity contribution in [3.8, 4) is 0 Å². The van der Waals surface area contributed by atoms with Gasteiger partial charge in [-0.2, -0.15) is 0 Å². The largest absolute Gasteiger partial charge is 0.467 e.